The van der Waals surface area contributed by atoms with Crippen molar-refractivity contribution in [2.75, 3.05) is 44.3 Å². The van der Waals surface area contributed by atoms with Gasteiger partial charge in [-0.05, 0) is 49.2 Å². The van der Waals surface area contributed by atoms with Crippen molar-refractivity contribution in [2.45, 2.75) is 24.3 Å². The first-order valence-corrected chi connectivity index (χ1v) is 11.7. The van der Waals surface area contributed by atoms with Gasteiger partial charge in [-0.15, -0.1) is 0 Å². The third kappa shape index (κ3) is 4.69. The number of hydrogen-bond acceptors (Lipinski definition) is 6. The Morgan fingerprint density at radius 2 is 1.73 bits per heavy atom. The molecule has 0 bridgehead atoms. The van der Waals surface area contributed by atoms with Gasteiger partial charge in [0, 0.05) is 37.8 Å². The van der Waals surface area contributed by atoms with Crippen LogP contribution in [-0.2, 0) is 26.1 Å². The minimum atomic E-state index is -3.48. The largest absolute Gasteiger partial charge is 0.467 e. The number of ether oxygens (including phenoxy) is 1. The molecule has 8 nitrogen and oxygen atoms in total. The Morgan fingerprint density at radius 1 is 1.03 bits per heavy atom. The van der Waals surface area contributed by atoms with Crippen molar-refractivity contribution in [3.8, 4) is 0 Å². The number of morpholine rings is 1. The molecule has 162 valence electrons. The van der Waals surface area contributed by atoms with Gasteiger partial charge in [0.25, 0.3) is 0 Å². The minimum absolute atomic E-state index is 0.0165. The second-order valence-electron chi connectivity index (χ2n) is 7.57. The molecule has 2 fully saturated rings. The minimum Gasteiger partial charge on any atom is -0.467 e. The van der Waals surface area contributed by atoms with Crippen molar-refractivity contribution in [1.29, 1.82) is 0 Å². The Bertz CT molecular complexity index is 930. The molecule has 2 saturated heterocycles. The van der Waals surface area contributed by atoms with Crippen molar-refractivity contribution in [3.63, 3.8) is 0 Å². The van der Waals surface area contributed by atoms with Gasteiger partial charge in [-0.2, -0.15) is 4.31 Å². The molecule has 1 aromatic carbocycles. The maximum Gasteiger partial charge on any atom is 0.243 e. The van der Waals surface area contributed by atoms with Gasteiger partial charge in [0.05, 0.1) is 30.9 Å². The lowest BCUT2D eigenvalue weighted by Crippen LogP contribution is -2.41. The van der Waals surface area contributed by atoms with Crippen molar-refractivity contribution >= 4 is 21.6 Å². The van der Waals surface area contributed by atoms with Gasteiger partial charge in [-0.3, -0.25) is 4.79 Å². The van der Waals surface area contributed by atoms with Crippen LogP contribution in [0.2, 0.25) is 0 Å². The molecule has 1 aromatic heterocycles. The number of sulfonamides is 1. The van der Waals surface area contributed by atoms with E-state index in [2.05, 4.69) is 10.2 Å². The predicted molar refractivity (Wildman–Crippen MR) is 112 cm³/mol. The van der Waals surface area contributed by atoms with Crippen LogP contribution in [0.4, 0.5) is 5.69 Å². The van der Waals surface area contributed by atoms with Crippen LogP contribution in [0.15, 0.2) is 52.0 Å². The lowest BCUT2D eigenvalue weighted by atomic mass is 9.95. The van der Waals surface area contributed by atoms with Crippen LogP contribution in [0.1, 0.15) is 18.6 Å². The number of carbonyl (C=O) groups is 1. The van der Waals surface area contributed by atoms with Crippen LogP contribution in [0, 0.1) is 5.92 Å². The smallest absolute Gasteiger partial charge is 0.243 e. The van der Waals surface area contributed by atoms with Crippen LogP contribution in [0.25, 0.3) is 0 Å². The van der Waals surface area contributed by atoms with Gasteiger partial charge in [0.15, 0.2) is 0 Å². The van der Waals surface area contributed by atoms with E-state index in [1.165, 1.54) is 4.31 Å². The van der Waals surface area contributed by atoms with Crippen LogP contribution >= 0.6 is 0 Å². The van der Waals surface area contributed by atoms with Gasteiger partial charge in [-0.25, -0.2) is 8.42 Å². The van der Waals surface area contributed by atoms with E-state index in [9.17, 15) is 13.2 Å². The molecule has 30 heavy (non-hydrogen) atoms. The molecule has 1 amide bonds. The molecule has 1 N–H and O–H groups in total. The number of carbonyl (C=O) groups excluding carboxylic acids is 1. The molecule has 0 atom stereocenters. The fourth-order valence-corrected chi connectivity index (χ4v) is 5.30. The first kappa shape index (κ1) is 20.9. The highest BCUT2D eigenvalue weighted by Crippen LogP contribution is 2.26. The Labute approximate surface area is 176 Å². The third-order valence-corrected chi connectivity index (χ3v) is 7.61. The summed E-state index contributed by atoms with van der Waals surface area (Å²) in [4.78, 5) is 14.9. The number of rotatable bonds is 6. The van der Waals surface area contributed by atoms with E-state index in [0.29, 0.717) is 37.7 Å². The summed E-state index contributed by atoms with van der Waals surface area (Å²) in [5.74, 6) is 0.781. The van der Waals surface area contributed by atoms with Crippen molar-refractivity contribution < 1.29 is 22.4 Å². The zero-order valence-electron chi connectivity index (χ0n) is 16.8. The number of nitrogens with one attached hydrogen (secondary N) is 1. The Morgan fingerprint density at radius 3 is 2.37 bits per heavy atom. The summed E-state index contributed by atoms with van der Waals surface area (Å²) in [6, 6.07) is 10.7. The zero-order chi connectivity index (χ0) is 21.0. The van der Waals surface area contributed by atoms with Gasteiger partial charge in [0.1, 0.15) is 5.76 Å². The van der Waals surface area contributed by atoms with Gasteiger partial charge >= 0.3 is 0 Å². The molecular formula is C21H27N3O5S. The predicted octanol–water partition coefficient (Wildman–Crippen LogP) is 1.83. The van der Waals surface area contributed by atoms with Gasteiger partial charge in [-0.1, -0.05) is 0 Å². The average molecular weight is 434 g/mol. The molecule has 0 aliphatic carbocycles. The summed E-state index contributed by atoms with van der Waals surface area (Å²) < 4.78 is 37.4. The molecule has 4 rings (SSSR count). The Balaban J connectivity index is 1.31. The normalized spacial score (nSPS) is 19.0. The molecule has 3 heterocycles. The maximum absolute atomic E-state index is 12.7. The van der Waals surface area contributed by atoms with E-state index in [1.807, 2.05) is 18.2 Å². The first-order chi connectivity index (χ1) is 14.5. The number of amides is 1. The lowest BCUT2D eigenvalue weighted by molar-refractivity contribution is -0.125. The quantitative estimate of drug-likeness (QED) is 0.747. The highest BCUT2D eigenvalue weighted by molar-refractivity contribution is 7.89. The van der Waals surface area contributed by atoms with Crippen molar-refractivity contribution in [3.05, 3.63) is 48.4 Å². The molecule has 0 spiro atoms. The standard InChI is InChI=1S/C21H27N3O5S/c25-21(22-16-19-2-1-13-29-19)17-7-9-23(10-8-17)18-3-5-20(6-4-18)30(26,27)24-11-14-28-15-12-24/h1-6,13,17H,7-12,14-16H2,(H,22,25). The molecule has 9 heteroatoms. The number of hydrogen-bond donors (Lipinski definition) is 1. The molecule has 2 aromatic rings. The number of benzene rings is 1. The van der Waals surface area contributed by atoms with E-state index in [0.717, 1.165) is 37.4 Å². The number of nitrogens with zero attached hydrogens (tertiary/aromatic N) is 2. The molecule has 0 unspecified atom stereocenters. The zero-order valence-corrected chi connectivity index (χ0v) is 17.6. The van der Waals surface area contributed by atoms with Crippen LogP contribution in [0.3, 0.4) is 0 Å². The lowest BCUT2D eigenvalue weighted by Gasteiger charge is -2.33. The average Bonchev–Trinajstić information content (AvgIpc) is 3.32. The van der Waals surface area contributed by atoms with E-state index >= 15 is 0 Å². The maximum atomic E-state index is 12.7. The SMILES string of the molecule is O=C(NCc1ccco1)C1CCN(c2ccc(S(=O)(=O)N3CCOCC3)cc2)CC1. The van der Waals surface area contributed by atoms with E-state index in [-0.39, 0.29) is 11.8 Å². The van der Waals surface area contributed by atoms with Crippen LogP contribution < -0.4 is 10.2 Å². The molecule has 2 aliphatic rings. The summed E-state index contributed by atoms with van der Waals surface area (Å²) in [5.41, 5.74) is 0.977. The summed E-state index contributed by atoms with van der Waals surface area (Å²) in [6.45, 7) is 3.57. The van der Waals surface area contributed by atoms with Crippen molar-refractivity contribution in [2.24, 2.45) is 5.92 Å². The summed E-state index contributed by atoms with van der Waals surface area (Å²) in [5, 5.41) is 2.93. The summed E-state index contributed by atoms with van der Waals surface area (Å²) in [7, 11) is -3.48. The van der Waals surface area contributed by atoms with Gasteiger partial charge < -0.3 is 19.4 Å². The van der Waals surface area contributed by atoms with Crippen LogP contribution in [0.5, 0.6) is 0 Å². The summed E-state index contributed by atoms with van der Waals surface area (Å²) in [6.07, 6.45) is 3.12. The third-order valence-electron chi connectivity index (χ3n) is 5.69. The van der Waals surface area contributed by atoms with Gasteiger partial charge in [0.2, 0.25) is 15.9 Å². The topological polar surface area (TPSA) is 92.1 Å². The van der Waals surface area contributed by atoms with Crippen molar-refractivity contribution in [1.82, 2.24) is 9.62 Å². The van der Waals surface area contributed by atoms with Crippen LogP contribution in [-0.4, -0.2) is 58.0 Å². The molecule has 0 saturated carbocycles. The highest BCUT2D eigenvalue weighted by Gasteiger charge is 2.28. The second kappa shape index (κ2) is 9.20. The Kier molecular flexibility index (Phi) is 6.40. The number of furan rings is 1. The van der Waals surface area contributed by atoms with E-state index in [1.54, 1.807) is 24.5 Å². The molecule has 0 radical (unpaired) electrons. The Hall–Kier alpha value is -2.36. The number of piperidine rings is 1. The monoisotopic (exact) mass is 433 g/mol. The molecule has 2 aliphatic heterocycles. The fourth-order valence-electron chi connectivity index (χ4n) is 3.90. The fraction of sp³-hybridized carbons (Fsp3) is 0.476. The number of anilines is 1. The summed E-state index contributed by atoms with van der Waals surface area (Å²) >= 11 is 0. The van der Waals surface area contributed by atoms with E-state index < -0.39 is 10.0 Å². The van der Waals surface area contributed by atoms with E-state index in [4.69, 9.17) is 9.15 Å². The first-order valence-electron chi connectivity index (χ1n) is 10.3. The highest BCUT2D eigenvalue weighted by atomic mass is 32.2. The second-order valence-corrected chi connectivity index (χ2v) is 9.51. The molecular weight excluding hydrogens is 406 g/mol.